The van der Waals surface area contributed by atoms with E-state index in [9.17, 15) is 5.11 Å². The van der Waals surface area contributed by atoms with Gasteiger partial charge in [-0.15, -0.1) is 0 Å². The van der Waals surface area contributed by atoms with E-state index in [1.807, 2.05) is 30.3 Å². The maximum atomic E-state index is 10.9. The van der Waals surface area contributed by atoms with Crippen molar-refractivity contribution in [2.75, 3.05) is 6.61 Å². The van der Waals surface area contributed by atoms with Crippen molar-refractivity contribution < 1.29 is 9.84 Å². The number of unbranched alkanes of at least 4 members (excludes halogenated alkanes) is 4. The van der Waals surface area contributed by atoms with Crippen LogP contribution in [0.4, 0.5) is 0 Å². The van der Waals surface area contributed by atoms with E-state index in [0.29, 0.717) is 18.6 Å². The number of ether oxygens (including phenoxy) is 1. The summed E-state index contributed by atoms with van der Waals surface area (Å²) in [4.78, 5) is 0. The molecule has 0 radical (unpaired) electrons. The lowest BCUT2D eigenvalue weighted by molar-refractivity contribution is 0.0465. The van der Waals surface area contributed by atoms with Gasteiger partial charge in [-0.2, -0.15) is 0 Å². The molecule has 0 amide bonds. The van der Waals surface area contributed by atoms with Gasteiger partial charge in [-0.05, 0) is 50.7 Å². The lowest BCUT2D eigenvalue weighted by Crippen LogP contribution is -2.55. The summed E-state index contributed by atoms with van der Waals surface area (Å²) in [6, 6.07) is 10.5. The lowest BCUT2D eigenvalue weighted by atomic mass is 9.69. The van der Waals surface area contributed by atoms with Gasteiger partial charge in [0.15, 0.2) is 0 Å². The van der Waals surface area contributed by atoms with Crippen LogP contribution in [0, 0.1) is 5.92 Å². The van der Waals surface area contributed by atoms with Crippen molar-refractivity contribution in [2.45, 2.75) is 95.2 Å². The summed E-state index contributed by atoms with van der Waals surface area (Å²) >= 11 is 0. The zero-order chi connectivity index (χ0) is 19.7. The first-order valence-corrected chi connectivity index (χ1v) is 11.5. The molecule has 1 heterocycles. The Labute approximate surface area is 171 Å². The zero-order valence-corrected chi connectivity index (χ0v) is 17.6. The third-order valence-corrected chi connectivity index (χ3v) is 6.69. The Morgan fingerprint density at radius 3 is 2.82 bits per heavy atom. The molecule has 2 fully saturated rings. The molecular weight excluding hydrogens is 346 g/mol. The number of rotatable bonds is 10. The van der Waals surface area contributed by atoms with Crippen molar-refractivity contribution in [3.63, 3.8) is 0 Å². The van der Waals surface area contributed by atoms with Crippen LogP contribution < -0.4 is 10.1 Å². The van der Waals surface area contributed by atoms with Gasteiger partial charge < -0.3 is 15.2 Å². The molecule has 1 aromatic carbocycles. The van der Waals surface area contributed by atoms with Crippen LogP contribution in [0.3, 0.4) is 0 Å². The Kier molecular flexibility index (Phi) is 8.42. The van der Waals surface area contributed by atoms with Crippen molar-refractivity contribution in [1.82, 2.24) is 5.32 Å². The Morgan fingerprint density at radius 2 is 2.00 bits per heavy atom. The molecule has 0 aromatic heterocycles. The molecule has 1 spiro atoms. The fourth-order valence-corrected chi connectivity index (χ4v) is 5.13. The van der Waals surface area contributed by atoms with E-state index in [1.165, 1.54) is 44.9 Å². The normalized spacial score (nSPS) is 28.8. The Bertz CT molecular complexity index is 587. The maximum Gasteiger partial charge on any atom is 0.119 e. The minimum absolute atomic E-state index is 0.0922. The summed E-state index contributed by atoms with van der Waals surface area (Å²) in [7, 11) is 0. The molecule has 1 saturated heterocycles. The molecule has 0 unspecified atom stereocenters. The first kappa shape index (κ1) is 21.4. The van der Waals surface area contributed by atoms with Crippen molar-refractivity contribution in [2.24, 2.45) is 5.92 Å². The number of hydrogen-bond acceptors (Lipinski definition) is 3. The summed E-state index contributed by atoms with van der Waals surface area (Å²) in [6.07, 6.45) is 17.3. The molecule has 156 valence electrons. The molecule has 1 aliphatic carbocycles. The smallest absolute Gasteiger partial charge is 0.119 e. The predicted molar refractivity (Wildman–Crippen MR) is 117 cm³/mol. The summed E-state index contributed by atoms with van der Waals surface area (Å²) in [5.74, 6) is 1.27. The van der Waals surface area contributed by atoms with Gasteiger partial charge in [-0.3, -0.25) is 0 Å². The van der Waals surface area contributed by atoms with E-state index in [-0.39, 0.29) is 11.6 Å². The SMILES string of the molecule is CCCCCC/C=C/[C@H](O)[C@@H]1CCCC[C@]12CC[C@H](COc1ccccc1)N2. The van der Waals surface area contributed by atoms with Crippen LogP contribution in [0.2, 0.25) is 0 Å². The van der Waals surface area contributed by atoms with Gasteiger partial charge in [0.25, 0.3) is 0 Å². The van der Waals surface area contributed by atoms with Crippen LogP contribution in [-0.2, 0) is 0 Å². The highest BCUT2D eigenvalue weighted by Gasteiger charge is 2.47. The van der Waals surface area contributed by atoms with E-state index < -0.39 is 0 Å². The third kappa shape index (κ3) is 5.84. The highest BCUT2D eigenvalue weighted by molar-refractivity contribution is 5.21. The average Bonchev–Trinajstić information content (AvgIpc) is 3.13. The first-order chi connectivity index (χ1) is 13.7. The van der Waals surface area contributed by atoms with Gasteiger partial charge in [0.1, 0.15) is 12.4 Å². The first-order valence-electron chi connectivity index (χ1n) is 11.5. The number of nitrogens with one attached hydrogen (secondary N) is 1. The number of hydrogen-bond donors (Lipinski definition) is 2. The minimum atomic E-state index is -0.326. The molecule has 2 N–H and O–H groups in total. The summed E-state index contributed by atoms with van der Waals surface area (Å²) in [5.41, 5.74) is 0.0922. The monoisotopic (exact) mass is 385 g/mol. The molecule has 3 rings (SSSR count). The number of para-hydroxylation sites is 1. The molecule has 4 atom stereocenters. The quantitative estimate of drug-likeness (QED) is 0.405. The number of allylic oxidation sites excluding steroid dienone is 1. The van der Waals surface area contributed by atoms with Gasteiger partial charge >= 0.3 is 0 Å². The third-order valence-electron chi connectivity index (χ3n) is 6.69. The van der Waals surface area contributed by atoms with Gasteiger partial charge in [0, 0.05) is 17.5 Å². The molecule has 1 aliphatic heterocycles. The van der Waals surface area contributed by atoms with Gasteiger partial charge in [0.05, 0.1) is 6.10 Å². The van der Waals surface area contributed by atoms with E-state index in [2.05, 4.69) is 24.4 Å². The van der Waals surface area contributed by atoms with E-state index in [1.54, 1.807) is 0 Å². The van der Waals surface area contributed by atoms with E-state index in [0.717, 1.165) is 31.4 Å². The van der Waals surface area contributed by atoms with Gasteiger partial charge in [0.2, 0.25) is 0 Å². The Morgan fingerprint density at radius 1 is 1.14 bits per heavy atom. The Balaban J connectivity index is 1.51. The maximum absolute atomic E-state index is 10.9. The van der Waals surface area contributed by atoms with Crippen LogP contribution >= 0.6 is 0 Å². The zero-order valence-electron chi connectivity index (χ0n) is 17.6. The second-order valence-electron chi connectivity index (χ2n) is 8.78. The number of benzene rings is 1. The van der Waals surface area contributed by atoms with Crippen molar-refractivity contribution in [3.05, 3.63) is 42.5 Å². The van der Waals surface area contributed by atoms with Crippen LogP contribution in [0.5, 0.6) is 5.75 Å². The fraction of sp³-hybridized carbons (Fsp3) is 0.680. The number of aliphatic hydroxyl groups excluding tert-OH is 1. The summed E-state index contributed by atoms with van der Waals surface area (Å²) in [5, 5.41) is 14.8. The molecule has 3 nitrogen and oxygen atoms in total. The highest BCUT2D eigenvalue weighted by Crippen LogP contribution is 2.43. The molecule has 28 heavy (non-hydrogen) atoms. The average molecular weight is 386 g/mol. The van der Waals surface area contributed by atoms with E-state index in [4.69, 9.17) is 4.74 Å². The standard InChI is InChI=1S/C25H39NO2/c1-2-3-4-5-6-10-16-24(27)23-15-11-12-18-25(23)19-17-21(26-25)20-28-22-13-8-7-9-14-22/h7-10,13-14,16,21,23-24,26-27H,2-6,11-12,15,17-20H2,1H3/b16-10+/t21-,23+,24+,25+/m1/s1. The molecular formula is C25H39NO2. The van der Waals surface area contributed by atoms with Crippen molar-refractivity contribution >= 4 is 0 Å². The molecule has 0 bridgehead atoms. The Hall–Kier alpha value is -1.32. The minimum Gasteiger partial charge on any atom is -0.492 e. The molecule has 1 aromatic rings. The van der Waals surface area contributed by atoms with Gasteiger partial charge in [-0.25, -0.2) is 0 Å². The van der Waals surface area contributed by atoms with Gasteiger partial charge in [-0.1, -0.05) is 69.4 Å². The predicted octanol–water partition coefficient (Wildman–Crippen LogP) is 5.63. The van der Waals surface area contributed by atoms with Crippen molar-refractivity contribution in [1.29, 1.82) is 0 Å². The largest absolute Gasteiger partial charge is 0.492 e. The topological polar surface area (TPSA) is 41.5 Å². The molecule has 3 heteroatoms. The highest BCUT2D eigenvalue weighted by atomic mass is 16.5. The van der Waals surface area contributed by atoms with Crippen molar-refractivity contribution in [3.8, 4) is 5.75 Å². The van der Waals surface area contributed by atoms with Crippen LogP contribution in [0.1, 0.15) is 77.6 Å². The summed E-state index contributed by atoms with van der Waals surface area (Å²) < 4.78 is 5.99. The number of aliphatic hydroxyl groups is 1. The fourth-order valence-electron chi connectivity index (χ4n) is 5.13. The second-order valence-corrected chi connectivity index (χ2v) is 8.78. The lowest BCUT2D eigenvalue weighted by Gasteiger charge is -2.44. The van der Waals surface area contributed by atoms with Crippen LogP contribution in [-0.4, -0.2) is 29.4 Å². The summed E-state index contributed by atoms with van der Waals surface area (Å²) in [6.45, 7) is 2.96. The molecule has 2 aliphatic rings. The molecule has 1 saturated carbocycles. The van der Waals surface area contributed by atoms with Crippen LogP contribution in [0.15, 0.2) is 42.5 Å². The second kappa shape index (κ2) is 11.0. The van der Waals surface area contributed by atoms with Crippen LogP contribution in [0.25, 0.3) is 0 Å². The van der Waals surface area contributed by atoms with E-state index >= 15 is 0 Å².